The van der Waals surface area contributed by atoms with E-state index in [9.17, 15) is 17.6 Å². The van der Waals surface area contributed by atoms with Gasteiger partial charge in [0, 0.05) is 31.8 Å². The average molecular weight is 296 g/mol. The molecule has 0 aromatic heterocycles. The lowest BCUT2D eigenvalue weighted by atomic mass is 10.1. The Morgan fingerprint density at radius 2 is 1.62 bits per heavy atom. The zero-order valence-electron chi connectivity index (χ0n) is 11.0. The molecule has 1 N–H and O–H groups in total. The molecule has 0 radical (unpaired) electrons. The van der Waals surface area contributed by atoms with Gasteiger partial charge in [-0.25, -0.2) is 17.6 Å². The number of fused-ring (bicyclic) bond motifs is 1. The lowest BCUT2D eigenvalue weighted by Crippen LogP contribution is -2.33. The van der Waals surface area contributed by atoms with Gasteiger partial charge < -0.3 is 10.2 Å². The van der Waals surface area contributed by atoms with Crippen LogP contribution in [0.3, 0.4) is 0 Å². The van der Waals surface area contributed by atoms with Crippen molar-refractivity contribution in [3.8, 4) is 0 Å². The fraction of sp³-hybridized carbons (Fsp3) is 0.200. The van der Waals surface area contributed by atoms with E-state index < -0.39 is 23.3 Å². The van der Waals surface area contributed by atoms with E-state index in [4.69, 9.17) is 0 Å². The van der Waals surface area contributed by atoms with Crippen LogP contribution in [0.4, 0.5) is 28.9 Å². The zero-order chi connectivity index (χ0) is 15.0. The van der Waals surface area contributed by atoms with E-state index in [-0.39, 0.29) is 6.54 Å². The summed E-state index contributed by atoms with van der Waals surface area (Å²) in [5, 5.41) is 2.98. The van der Waals surface area contributed by atoms with Gasteiger partial charge in [0.15, 0.2) is 23.3 Å². The molecule has 0 saturated heterocycles. The Labute approximate surface area is 119 Å². The van der Waals surface area contributed by atoms with E-state index in [1.165, 1.54) is 6.07 Å². The van der Waals surface area contributed by atoms with Gasteiger partial charge in [-0.3, -0.25) is 0 Å². The standard InChI is InChI=1S/C15H12F4N2/c16-10-2-1-9(5-11(10)17)8-21-4-3-20-14-6-12(18)13(19)7-15(14)21/h1-2,5-7,20H,3-4,8H2. The van der Waals surface area contributed by atoms with Crippen LogP contribution in [-0.4, -0.2) is 13.1 Å². The maximum absolute atomic E-state index is 13.4. The van der Waals surface area contributed by atoms with Crippen molar-refractivity contribution < 1.29 is 17.6 Å². The van der Waals surface area contributed by atoms with Crippen molar-refractivity contribution in [3.63, 3.8) is 0 Å². The summed E-state index contributed by atoms with van der Waals surface area (Å²) in [6.07, 6.45) is 0. The normalized spacial score (nSPS) is 13.8. The maximum Gasteiger partial charge on any atom is 0.161 e. The van der Waals surface area contributed by atoms with Crippen molar-refractivity contribution >= 4 is 11.4 Å². The predicted molar refractivity (Wildman–Crippen MR) is 72.3 cm³/mol. The van der Waals surface area contributed by atoms with Crippen LogP contribution < -0.4 is 10.2 Å². The third kappa shape index (κ3) is 2.66. The number of rotatable bonds is 2. The van der Waals surface area contributed by atoms with Crippen LogP contribution in [0.1, 0.15) is 5.56 Å². The lowest BCUT2D eigenvalue weighted by Gasteiger charge is -2.32. The number of anilines is 2. The largest absolute Gasteiger partial charge is 0.382 e. The Kier molecular flexibility index (Phi) is 3.45. The molecule has 2 nitrogen and oxygen atoms in total. The van der Waals surface area contributed by atoms with Gasteiger partial charge in [0.05, 0.1) is 11.4 Å². The molecule has 0 unspecified atom stereocenters. The van der Waals surface area contributed by atoms with E-state index >= 15 is 0 Å². The smallest absolute Gasteiger partial charge is 0.161 e. The number of halogens is 4. The van der Waals surface area contributed by atoms with Crippen LogP contribution in [0.25, 0.3) is 0 Å². The van der Waals surface area contributed by atoms with E-state index in [2.05, 4.69) is 5.32 Å². The fourth-order valence-corrected chi connectivity index (χ4v) is 2.41. The Balaban J connectivity index is 1.91. The summed E-state index contributed by atoms with van der Waals surface area (Å²) in [6.45, 7) is 1.40. The van der Waals surface area contributed by atoms with Crippen LogP contribution in [0, 0.1) is 23.3 Å². The molecule has 1 aliphatic rings. The molecule has 110 valence electrons. The van der Waals surface area contributed by atoms with E-state index in [1.54, 1.807) is 4.90 Å². The number of hydrogen-bond donors (Lipinski definition) is 1. The van der Waals surface area contributed by atoms with Gasteiger partial charge in [0.2, 0.25) is 0 Å². The van der Waals surface area contributed by atoms with Crippen molar-refractivity contribution in [1.29, 1.82) is 0 Å². The summed E-state index contributed by atoms with van der Waals surface area (Å²) in [4.78, 5) is 1.79. The lowest BCUT2D eigenvalue weighted by molar-refractivity contribution is 0.506. The molecule has 3 rings (SSSR count). The van der Waals surface area contributed by atoms with E-state index in [1.807, 2.05) is 0 Å². The Morgan fingerprint density at radius 3 is 2.38 bits per heavy atom. The third-order valence-corrected chi connectivity index (χ3v) is 3.43. The first-order valence-electron chi connectivity index (χ1n) is 6.46. The van der Waals surface area contributed by atoms with Crippen LogP contribution in [0.2, 0.25) is 0 Å². The van der Waals surface area contributed by atoms with Crippen molar-refractivity contribution in [3.05, 3.63) is 59.2 Å². The molecule has 1 heterocycles. The first kappa shape index (κ1) is 13.7. The van der Waals surface area contributed by atoms with Gasteiger partial charge in [-0.05, 0) is 17.7 Å². The molecule has 2 aromatic rings. The summed E-state index contributed by atoms with van der Waals surface area (Å²) < 4.78 is 52.8. The molecule has 0 saturated carbocycles. The summed E-state index contributed by atoms with van der Waals surface area (Å²) in [5.74, 6) is -3.69. The fourth-order valence-electron chi connectivity index (χ4n) is 2.41. The molecule has 0 spiro atoms. The van der Waals surface area contributed by atoms with Crippen molar-refractivity contribution in [2.24, 2.45) is 0 Å². The molecule has 0 aliphatic carbocycles. The minimum Gasteiger partial charge on any atom is -0.382 e. The molecule has 21 heavy (non-hydrogen) atoms. The quantitative estimate of drug-likeness (QED) is 0.851. The van der Waals surface area contributed by atoms with Gasteiger partial charge in [-0.15, -0.1) is 0 Å². The van der Waals surface area contributed by atoms with Crippen LogP contribution >= 0.6 is 0 Å². The molecule has 0 bridgehead atoms. The molecule has 6 heteroatoms. The number of benzene rings is 2. The van der Waals surface area contributed by atoms with Gasteiger partial charge in [0.25, 0.3) is 0 Å². The Morgan fingerprint density at radius 1 is 0.905 bits per heavy atom. The van der Waals surface area contributed by atoms with Gasteiger partial charge in [-0.1, -0.05) is 6.07 Å². The number of hydrogen-bond acceptors (Lipinski definition) is 2. The Hall–Kier alpha value is -2.24. The second-order valence-corrected chi connectivity index (χ2v) is 4.88. The number of nitrogens with one attached hydrogen (secondary N) is 1. The second kappa shape index (κ2) is 5.27. The summed E-state index contributed by atoms with van der Waals surface area (Å²) in [7, 11) is 0. The summed E-state index contributed by atoms with van der Waals surface area (Å²) in [5.41, 5.74) is 1.55. The van der Waals surface area contributed by atoms with Crippen molar-refractivity contribution in [2.45, 2.75) is 6.54 Å². The predicted octanol–water partition coefficient (Wildman–Crippen LogP) is 3.68. The zero-order valence-corrected chi connectivity index (χ0v) is 11.0. The highest BCUT2D eigenvalue weighted by atomic mass is 19.2. The van der Waals surface area contributed by atoms with Gasteiger partial charge in [0.1, 0.15) is 0 Å². The average Bonchev–Trinajstić information content (AvgIpc) is 2.45. The van der Waals surface area contributed by atoms with Crippen LogP contribution in [0.15, 0.2) is 30.3 Å². The highest BCUT2D eigenvalue weighted by Gasteiger charge is 2.20. The maximum atomic E-state index is 13.4. The minimum atomic E-state index is -0.937. The SMILES string of the molecule is Fc1ccc(CN2CCNc3cc(F)c(F)cc32)cc1F. The van der Waals surface area contributed by atoms with Crippen LogP contribution in [-0.2, 0) is 6.54 Å². The highest BCUT2D eigenvalue weighted by molar-refractivity contribution is 5.72. The monoisotopic (exact) mass is 296 g/mol. The Bertz CT molecular complexity index is 688. The summed E-state index contributed by atoms with van der Waals surface area (Å²) in [6, 6.07) is 5.84. The molecule has 0 atom stereocenters. The molecular formula is C15H12F4N2. The van der Waals surface area contributed by atoms with Gasteiger partial charge in [-0.2, -0.15) is 0 Å². The minimum absolute atomic E-state index is 0.289. The molecule has 2 aromatic carbocycles. The third-order valence-electron chi connectivity index (χ3n) is 3.43. The molecular weight excluding hydrogens is 284 g/mol. The first-order valence-corrected chi connectivity index (χ1v) is 6.46. The first-order chi connectivity index (χ1) is 10.0. The molecule has 0 amide bonds. The molecule has 1 aliphatic heterocycles. The second-order valence-electron chi connectivity index (χ2n) is 4.88. The van der Waals surface area contributed by atoms with Crippen molar-refractivity contribution in [2.75, 3.05) is 23.3 Å². The summed E-state index contributed by atoms with van der Waals surface area (Å²) >= 11 is 0. The van der Waals surface area contributed by atoms with Gasteiger partial charge >= 0.3 is 0 Å². The number of nitrogens with zero attached hydrogens (tertiary/aromatic N) is 1. The van der Waals surface area contributed by atoms with Crippen LogP contribution in [0.5, 0.6) is 0 Å². The van der Waals surface area contributed by atoms with E-state index in [0.717, 1.165) is 24.3 Å². The topological polar surface area (TPSA) is 15.3 Å². The van der Waals surface area contributed by atoms with E-state index in [0.29, 0.717) is 30.0 Å². The highest BCUT2D eigenvalue weighted by Crippen LogP contribution is 2.32. The van der Waals surface area contributed by atoms with Crippen molar-refractivity contribution in [1.82, 2.24) is 0 Å². The molecule has 0 fully saturated rings.